The second kappa shape index (κ2) is 8.86. The average molecular weight is 403 g/mol. The smallest absolute Gasteiger partial charge is 0.251 e. The van der Waals surface area contributed by atoms with Crippen molar-refractivity contribution in [2.45, 2.75) is 31.2 Å². The van der Waals surface area contributed by atoms with E-state index >= 15 is 0 Å². The van der Waals surface area contributed by atoms with Gasteiger partial charge in [-0.05, 0) is 36.6 Å². The highest BCUT2D eigenvalue weighted by molar-refractivity contribution is 7.89. The van der Waals surface area contributed by atoms with Crippen molar-refractivity contribution in [3.05, 3.63) is 65.2 Å². The van der Waals surface area contributed by atoms with Gasteiger partial charge in [0.25, 0.3) is 5.91 Å². The van der Waals surface area contributed by atoms with Crippen molar-refractivity contribution >= 4 is 15.9 Å². The molecule has 0 spiro atoms. The normalized spacial score (nSPS) is 16.5. The molecule has 6 nitrogen and oxygen atoms in total. The molecule has 1 amide bonds. The number of carbonyl (C=O) groups excluding carboxylic acids is 1. The second-order valence-corrected chi connectivity index (χ2v) is 8.75. The molecule has 1 aliphatic heterocycles. The molecule has 0 radical (unpaired) electrons. The summed E-state index contributed by atoms with van der Waals surface area (Å²) in [4.78, 5) is 13.0. The van der Waals surface area contributed by atoms with Gasteiger partial charge in [-0.3, -0.25) is 4.79 Å². The van der Waals surface area contributed by atoms with Crippen LogP contribution in [0.15, 0.2) is 53.4 Å². The summed E-state index contributed by atoms with van der Waals surface area (Å²) in [5.41, 5.74) is 1.98. The SMILES string of the molecule is CC[C@H](NC(=O)c1ccc(C)c(S(=O)(=O)N2CCOCC2)c1)c1ccccc1. The lowest BCUT2D eigenvalue weighted by Crippen LogP contribution is -2.41. The molecular weight excluding hydrogens is 376 g/mol. The topological polar surface area (TPSA) is 75.7 Å². The zero-order valence-corrected chi connectivity index (χ0v) is 17.0. The third kappa shape index (κ3) is 4.43. The lowest BCUT2D eigenvalue weighted by atomic mass is 10.0. The van der Waals surface area contributed by atoms with Crippen molar-refractivity contribution in [1.29, 1.82) is 0 Å². The summed E-state index contributed by atoms with van der Waals surface area (Å²) in [5, 5.41) is 3.01. The van der Waals surface area contributed by atoms with Crippen LogP contribution in [0.5, 0.6) is 0 Å². The Bertz CT molecular complexity index is 923. The van der Waals surface area contributed by atoms with Gasteiger partial charge in [0.1, 0.15) is 0 Å². The Hall–Kier alpha value is -2.22. The zero-order chi connectivity index (χ0) is 20.1. The van der Waals surface area contributed by atoms with E-state index in [4.69, 9.17) is 4.74 Å². The summed E-state index contributed by atoms with van der Waals surface area (Å²) in [6, 6.07) is 14.4. The summed E-state index contributed by atoms with van der Waals surface area (Å²) in [5.74, 6) is -0.283. The third-order valence-corrected chi connectivity index (χ3v) is 6.99. The molecular formula is C21H26N2O4S. The number of benzene rings is 2. The molecule has 3 rings (SSSR count). The van der Waals surface area contributed by atoms with Crippen LogP contribution < -0.4 is 5.32 Å². The van der Waals surface area contributed by atoms with E-state index in [1.54, 1.807) is 19.1 Å². The maximum absolute atomic E-state index is 13.0. The van der Waals surface area contributed by atoms with E-state index in [2.05, 4.69) is 5.32 Å². The van der Waals surface area contributed by atoms with Crippen LogP contribution in [0.3, 0.4) is 0 Å². The summed E-state index contributed by atoms with van der Waals surface area (Å²) < 4.78 is 32.7. The largest absolute Gasteiger partial charge is 0.379 e. The Balaban J connectivity index is 1.85. The molecule has 1 aliphatic rings. The van der Waals surface area contributed by atoms with E-state index in [0.29, 0.717) is 37.4 Å². The van der Waals surface area contributed by atoms with Crippen LogP contribution in [0.2, 0.25) is 0 Å². The molecule has 1 fully saturated rings. The lowest BCUT2D eigenvalue weighted by Gasteiger charge is -2.27. The van der Waals surface area contributed by atoms with E-state index in [-0.39, 0.29) is 16.8 Å². The van der Waals surface area contributed by atoms with E-state index < -0.39 is 10.0 Å². The molecule has 0 bridgehead atoms. The number of aryl methyl sites for hydroxylation is 1. The van der Waals surface area contributed by atoms with Crippen LogP contribution in [-0.2, 0) is 14.8 Å². The Morgan fingerprint density at radius 2 is 1.82 bits per heavy atom. The predicted molar refractivity (Wildman–Crippen MR) is 108 cm³/mol. The van der Waals surface area contributed by atoms with E-state index in [1.807, 2.05) is 37.3 Å². The molecule has 1 atom stereocenters. The van der Waals surface area contributed by atoms with E-state index in [1.165, 1.54) is 10.4 Å². The molecule has 0 aliphatic carbocycles. The van der Waals surface area contributed by atoms with Crippen LogP contribution in [0.4, 0.5) is 0 Å². The minimum absolute atomic E-state index is 0.130. The number of ether oxygens (including phenoxy) is 1. The summed E-state index contributed by atoms with van der Waals surface area (Å²) in [7, 11) is -3.66. The van der Waals surface area contributed by atoms with Crippen LogP contribution in [-0.4, -0.2) is 44.9 Å². The van der Waals surface area contributed by atoms with Crippen molar-refractivity contribution in [2.75, 3.05) is 26.3 Å². The number of amides is 1. The van der Waals surface area contributed by atoms with Crippen molar-refractivity contribution in [1.82, 2.24) is 9.62 Å². The molecule has 0 aromatic heterocycles. The van der Waals surface area contributed by atoms with Gasteiger partial charge < -0.3 is 10.1 Å². The van der Waals surface area contributed by atoms with Gasteiger partial charge in [-0.25, -0.2) is 8.42 Å². The fraction of sp³-hybridized carbons (Fsp3) is 0.381. The van der Waals surface area contributed by atoms with Crippen molar-refractivity contribution in [3.63, 3.8) is 0 Å². The maximum Gasteiger partial charge on any atom is 0.251 e. The lowest BCUT2D eigenvalue weighted by molar-refractivity contribution is 0.0730. The third-order valence-electron chi connectivity index (χ3n) is 4.95. The number of nitrogens with zero attached hydrogens (tertiary/aromatic N) is 1. The molecule has 0 saturated carbocycles. The van der Waals surface area contributed by atoms with Gasteiger partial charge >= 0.3 is 0 Å². The second-order valence-electron chi connectivity index (χ2n) is 6.84. The van der Waals surface area contributed by atoms with Gasteiger partial charge in [-0.2, -0.15) is 4.31 Å². The van der Waals surface area contributed by atoms with Crippen LogP contribution >= 0.6 is 0 Å². The molecule has 2 aromatic rings. The molecule has 28 heavy (non-hydrogen) atoms. The molecule has 2 aromatic carbocycles. The Morgan fingerprint density at radius 3 is 2.46 bits per heavy atom. The number of sulfonamides is 1. The number of rotatable bonds is 6. The number of morpholine rings is 1. The summed E-state index contributed by atoms with van der Waals surface area (Å²) in [6.07, 6.45) is 0.737. The van der Waals surface area contributed by atoms with Gasteiger partial charge in [0.2, 0.25) is 10.0 Å². The number of nitrogens with one attached hydrogen (secondary N) is 1. The predicted octanol–water partition coefficient (Wildman–Crippen LogP) is 2.90. The van der Waals surface area contributed by atoms with Crippen molar-refractivity contribution in [3.8, 4) is 0 Å². The Morgan fingerprint density at radius 1 is 1.14 bits per heavy atom. The van der Waals surface area contributed by atoms with Gasteiger partial charge in [0.05, 0.1) is 24.2 Å². The Kier molecular flexibility index (Phi) is 6.49. The molecule has 1 N–H and O–H groups in total. The summed E-state index contributed by atoms with van der Waals surface area (Å²) in [6.45, 7) is 5.16. The van der Waals surface area contributed by atoms with Crippen molar-refractivity contribution in [2.24, 2.45) is 0 Å². The number of carbonyl (C=O) groups is 1. The number of hydrogen-bond donors (Lipinski definition) is 1. The fourth-order valence-electron chi connectivity index (χ4n) is 3.29. The average Bonchev–Trinajstić information content (AvgIpc) is 2.73. The number of hydrogen-bond acceptors (Lipinski definition) is 4. The molecule has 1 heterocycles. The molecule has 7 heteroatoms. The first-order valence-corrected chi connectivity index (χ1v) is 10.9. The summed E-state index contributed by atoms with van der Waals surface area (Å²) >= 11 is 0. The fourth-order valence-corrected chi connectivity index (χ4v) is 4.95. The molecule has 0 unspecified atom stereocenters. The highest BCUT2D eigenvalue weighted by Crippen LogP contribution is 2.23. The zero-order valence-electron chi connectivity index (χ0n) is 16.2. The van der Waals surface area contributed by atoms with Gasteiger partial charge in [-0.15, -0.1) is 0 Å². The van der Waals surface area contributed by atoms with Gasteiger partial charge in [-0.1, -0.05) is 43.3 Å². The first-order chi connectivity index (χ1) is 13.4. The first kappa shape index (κ1) is 20.5. The monoisotopic (exact) mass is 402 g/mol. The maximum atomic E-state index is 13.0. The van der Waals surface area contributed by atoms with Crippen molar-refractivity contribution < 1.29 is 17.9 Å². The highest BCUT2D eigenvalue weighted by Gasteiger charge is 2.28. The van der Waals surface area contributed by atoms with E-state index in [0.717, 1.165) is 12.0 Å². The van der Waals surface area contributed by atoms with Crippen LogP contribution in [0.25, 0.3) is 0 Å². The quantitative estimate of drug-likeness (QED) is 0.806. The standard InChI is InChI=1S/C21H26N2O4S/c1-3-19(17-7-5-4-6-8-17)22-21(24)18-10-9-16(2)20(15-18)28(25,26)23-11-13-27-14-12-23/h4-10,15,19H,3,11-14H2,1-2H3,(H,22,24)/t19-/m0/s1. The highest BCUT2D eigenvalue weighted by atomic mass is 32.2. The van der Waals surface area contributed by atoms with Gasteiger partial charge in [0, 0.05) is 18.7 Å². The first-order valence-electron chi connectivity index (χ1n) is 9.48. The molecule has 1 saturated heterocycles. The van der Waals surface area contributed by atoms with Crippen LogP contribution in [0, 0.1) is 6.92 Å². The molecule has 150 valence electrons. The minimum atomic E-state index is -3.66. The van der Waals surface area contributed by atoms with Crippen LogP contribution in [0.1, 0.15) is 40.9 Å². The minimum Gasteiger partial charge on any atom is -0.379 e. The Labute approximate surface area is 166 Å². The van der Waals surface area contributed by atoms with E-state index in [9.17, 15) is 13.2 Å². The van der Waals surface area contributed by atoms with Gasteiger partial charge in [0.15, 0.2) is 0 Å².